The van der Waals surface area contributed by atoms with Crippen molar-refractivity contribution in [2.75, 3.05) is 19.8 Å². The third kappa shape index (κ3) is 0.595. The summed E-state index contributed by atoms with van der Waals surface area (Å²) in [5, 5.41) is 5.47. The van der Waals surface area contributed by atoms with E-state index >= 15 is 0 Å². The lowest BCUT2D eigenvalue weighted by Gasteiger charge is -2.36. The molecule has 0 unspecified atom stereocenters. The second-order valence-electron chi connectivity index (χ2n) is 2.58. The molecule has 2 aliphatic rings. The van der Waals surface area contributed by atoms with Crippen LogP contribution in [0.2, 0.25) is 0 Å². The standard InChI is InChI=1S/C5H8N2O2/c8-4-6-1-5(7-4)2-9-3-5/h1-3H2,(H2,6,7,8). The zero-order chi connectivity index (χ0) is 6.32. The molecule has 0 atom stereocenters. The lowest BCUT2D eigenvalue weighted by atomic mass is 10.00. The van der Waals surface area contributed by atoms with E-state index in [0.29, 0.717) is 19.8 Å². The molecule has 4 heteroatoms. The lowest BCUT2D eigenvalue weighted by molar-refractivity contribution is -0.0553. The van der Waals surface area contributed by atoms with E-state index in [-0.39, 0.29) is 11.6 Å². The molecule has 0 aromatic rings. The van der Waals surface area contributed by atoms with E-state index in [1.165, 1.54) is 0 Å². The van der Waals surface area contributed by atoms with Gasteiger partial charge in [0.25, 0.3) is 0 Å². The number of urea groups is 1. The predicted molar refractivity (Wildman–Crippen MR) is 30.1 cm³/mol. The molecular weight excluding hydrogens is 120 g/mol. The zero-order valence-electron chi connectivity index (χ0n) is 4.94. The predicted octanol–water partition coefficient (Wildman–Crippen LogP) is -0.932. The van der Waals surface area contributed by atoms with E-state index in [0.717, 1.165) is 0 Å². The Kier molecular flexibility index (Phi) is 0.778. The summed E-state index contributed by atoms with van der Waals surface area (Å²) in [7, 11) is 0. The van der Waals surface area contributed by atoms with Gasteiger partial charge in [0.2, 0.25) is 0 Å². The van der Waals surface area contributed by atoms with Crippen molar-refractivity contribution in [1.29, 1.82) is 0 Å². The second-order valence-corrected chi connectivity index (χ2v) is 2.58. The van der Waals surface area contributed by atoms with Gasteiger partial charge in [-0.15, -0.1) is 0 Å². The van der Waals surface area contributed by atoms with Gasteiger partial charge in [0, 0.05) is 6.54 Å². The summed E-state index contributed by atoms with van der Waals surface area (Å²) >= 11 is 0. The van der Waals surface area contributed by atoms with Crippen LogP contribution in [0, 0.1) is 0 Å². The number of rotatable bonds is 0. The number of amides is 2. The van der Waals surface area contributed by atoms with Crippen LogP contribution in [-0.4, -0.2) is 31.3 Å². The van der Waals surface area contributed by atoms with Crippen LogP contribution in [-0.2, 0) is 4.74 Å². The first-order chi connectivity index (χ1) is 4.31. The molecule has 50 valence electrons. The second kappa shape index (κ2) is 1.39. The highest BCUT2D eigenvalue weighted by Crippen LogP contribution is 2.18. The van der Waals surface area contributed by atoms with Crippen LogP contribution < -0.4 is 10.6 Å². The van der Waals surface area contributed by atoms with Crippen molar-refractivity contribution in [3.8, 4) is 0 Å². The molecule has 0 aromatic carbocycles. The molecule has 0 aromatic heterocycles. The molecular formula is C5H8N2O2. The monoisotopic (exact) mass is 128 g/mol. The van der Waals surface area contributed by atoms with Crippen LogP contribution in [0.4, 0.5) is 4.79 Å². The molecule has 4 nitrogen and oxygen atoms in total. The van der Waals surface area contributed by atoms with Gasteiger partial charge >= 0.3 is 6.03 Å². The summed E-state index contributed by atoms with van der Waals surface area (Å²) in [5.41, 5.74) is -0.0446. The molecule has 2 heterocycles. The van der Waals surface area contributed by atoms with Crippen LogP contribution in [0.15, 0.2) is 0 Å². The van der Waals surface area contributed by atoms with Gasteiger partial charge < -0.3 is 15.4 Å². The molecule has 1 spiro atoms. The van der Waals surface area contributed by atoms with Gasteiger partial charge in [0.05, 0.1) is 13.2 Å². The van der Waals surface area contributed by atoms with Gasteiger partial charge in [0.1, 0.15) is 5.54 Å². The minimum Gasteiger partial charge on any atom is -0.376 e. The Morgan fingerprint density at radius 3 is 2.56 bits per heavy atom. The Morgan fingerprint density at radius 1 is 1.56 bits per heavy atom. The number of carbonyl (C=O) groups is 1. The van der Waals surface area contributed by atoms with Gasteiger partial charge in [-0.3, -0.25) is 0 Å². The van der Waals surface area contributed by atoms with Crippen LogP contribution in [0.25, 0.3) is 0 Å². The highest BCUT2D eigenvalue weighted by atomic mass is 16.5. The fourth-order valence-corrected chi connectivity index (χ4v) is 1.10. The summed E-state index contributed by atoms with van der Waals surface area (Å²) in [6.07, 6.45) is 0. The number of carbonyl (C=O) groups excluding carboxylic acids is 1. The molecule has 0 saturated carbocycles. The number of hydrogen-bond acceptors (Lipinski definition) is 2. The van der Waals surface area contributed by atoms with Crippen molar-refractivity contribution in [3.63, 3.8) is 0 Å². The first-order valence-corrected chi connectivity index (χ1v) is 2.95. The topological polar surface area (TPSA) is 50.4 Å². The van der Waals surface area contributed by atoms with Gasteiger partial charge in [0.15, 0.2) is 0 Å². The molecule has 2 N–H and O–H groups in total. The SMILES string of the molecule is O=C1NCC2(COC2)N1. The minimum atomic E-state index is -0.0710. The van der Waals surface area contributed by atoms with Gasteiger partial charge in [-0.2, -0.15) is 0 Å². The average Bonchev–Trinajstić information content (AvgIpc) is 2.09. The van der Waals surface area contributed by atoms with Crippen molar-refractivity contribution >= 4 is 6.03 Å². The summed E-state index contributed by atoms with van der Waals surface area (Å²) in [4.78, 5) is 10.6. The maximum Gasteiger partial charge on any atom is 0.315 e. The Balaban J connectivity index is 2.07. The fourth-order valence-electron chi connectivity index (χ4n) is 1.10. The van der Waals surface area contributed by atoms with Crippen molar-refractivity contribution in [2.45, 2.75) is 5.54 Å². The number of ether oxygens (including phenoxy) is 1. The summed E-state index contributed by atoms with van der Waals surface area (Å²) in [6.45, 7) is 2.03. The van der Waals surface area contributed by atoms with Gasteiger partial charge in [-0.25, -0.2) is 4.79 Å². The molecule has 0 aliphatic carbocycles. The Morgan fingerprint density at radius 2 is 2.33 bits per heavy atom. The van der Waals surface area contributed by atoms with Gasteiger partial charge in [-0.05, 0) is 0 Å². The molecule has 2 rings (SSSR count). The maximum absolute atomic E-state index is 10.6. The van der Waals surface area contributed by atoms with E-state index < -0.39 is 0 Å². The minimum absolute atomic E-state index is 0.0446. The van der Waals surface area contributed by atoms with E-state index in [4.69, 9.17) is 4.74 Å². The first kappa shape index (κ1) is 5.05. The van der Waals surface area contributed by atoms with Crippen molar-refractivity contribution < 1.29 is 9.53 Å². The fraction of sp³-hybridized carbons (Fsp3) is 0.800. The molecule has 2 amide bonds. The van der Waals surface area contributed by atoms with Crippen LogP contribution in [0.3, 0.4) is 0 Å². The summed E-state index contributed by atoms with van der Waals surface area (Å²) < 4.78 is 4.95. The first-order valence-electron chi connectivity index (χ1n) is 2.95. The average molecular weight is 128 g/mol. The quantitative estimate of drug-likeness (QED) is 0.442. The van der Waals surface area contributed by atoms with Crippen molar-refractivity contribution in [3.05, 3.63) is 0 Å². The summed E-state index contributed by atoms with van der Waals surface area (Å²) in [6, 6.07) is -0.0710. The normalized spacial score (nSPS) is 29.1. The van der Waals surface area contributed by atoms with E-state index in [1.807, 2.05) is 0 Å². The third-order valence-corrected chi connectivity index (χ3v) is 1.72. The molecule has 2 saturated heterocycles. The van der Waals surface area contributed by atoms with E-state index in [1.54, 1.807) is 0 Å². The smallest absolute Gasteiger partial charge is 0.315 e. The Hall–Kier alpha value is -0.770. The zero-order valence-corrected chi connectivity index (χ0v) is 4.94. The van der Waals surface area contributed by atoms with Gasteiger partial charge in [-0.1, -0.05) is 0 Å². The highest BCUT2D eigenvalue weighted by Gasteiger charge is 2.44. The van der Waals surface area contributed by atoms with Crippen LogP contribution in [0.5, 0.6) is 0 Å². The number of hydrogen-bond donors (Lipinski definition) is 2. The highest BCUT2D eigenvalue weighted by molar-refractivity contribution is 5.77. The van der Waals surface area contributed by atoms with Crippen LogP contribution >= 0.6 is 0 Å². The number of nitrogens with one attached hydrogen (secondary N) is 2. The summed E-state index contributed by atoms with van der Waals surface area (Å²) in [5.74, 6) is 0. The van der Waals surface area contributed by atoms with Crippen molar-refractivity contribution in [2.24, 2.45) is 0 Å². The van der Waals surface area contributed by atoms with E-state index in [2.05, 4.69) is 10.6 Å². The van der Waals surface area contributed by atoms with E-state index in [9.17, 15) is 4.79 Å². The molecule has 0 radical (unpaired) electrons. The molecule has 0 bridgehead atoms. The van der Waals surface area contributed by atoms with Crippen molar-refractivity contribution in [1.82, 2.24) is 10.6 Å². The third-order valence-electron chi connectivity index (χ3n) is 1.72. The molecule has 2 aliphatic heterocycles. The molecule has 9 heavy (non-hydrogen) atoms. The maximum atomic E-state index is 10.6. The largest absolute Gasteiger partial charge is 0.376 e. The molecule has 2 fully saturated rings. The Labute approximate surface area is 52.6 Å². The Bertz CT molecular complexity index is 153. The van der Waals surface area contributed by atoms with Crippen LogP contribution in [0.1, 0.15) is 0 Å². The lowest BCUT2D eigenvalue weighted by Crippen LogP contribution is -2.59.